The van der Waals surface area contributed by atoms with E-state index in [1.807, 2.05) is 0 Å². The maximum atomic E-state index is 9.56. The molecule has 3 heteroatoms. The van der Waals surface area contributed by atoms with Gasteiger partial charge in [-0.25, -0.2) is 0 Å². The molecule has 0 aromatic carbocycles. The lowest BCUT2D eigenvalue weighted by molar-refractivity contribution is -0.169. The summed E-state index contributed by atoms with van der Waals surface area (Å²) in [6.45, 7) is 1.51. The van der Waals surface area contributed by atoms with Gasteiger partial charge in [-0.3, -0.25) is 4.79 Å². The molecule has 0 rings (SSSR count). The van der Waals surface area contributed by atoms with E-state index in [4.69, 9.17) is 10.2 Å². The Morgan fingerprint density at radius 1 is 1.71 bits per heavy atom. The monoisotopic (exact) mass is 104 g/mol. The normalized spacial score (nSPS) is 11.3. The number of carbonyl (C=O) groups is 1. The van der Waals surface area contributed by atoms with Crippen LogP contribution in [0, 0.1) is 0 Å². The fourth-order valence-electron chi connectivity index (χ4n) is 0.0833. The highest BCUT2D eigenvalue weighted by Gasteiger charge is 2.16. The third-order valence-corrected chi connectivity index (χ3v) is 0.709. The van der Waals surface area contributed by atoms with Crippen LogP contribution in [0.5, 0.6) is 0 Å². The van der Waals surface area contributed by atoms with Gasteiger partial charge in [-0.15, -0.1) is 0 Å². The lowest BCUT2D eigenvalue weighted by Crippen LogP contribution is -2.28. The maximum absolute atomic E-state index is 9.56. The van der Waals surface area contributed by atoms with Crippen molar-refractivity contribution in [3.63, 3.8) is 0 Å². The van der Waals surface area contributed by atoms with E-state index in [1.54, 1.807) is 0 Å². The standard InChI is InChI=1S/C4H8O3/c1-2-4(6,7)3-5/h3,6-7H,2H2,1H3. The number of aldehydes is 1. The van der Waals surface area contributed by atoms with Crippen LogP contribution in [0.4, 0.5) is 0 Å². The van der Waals surface area contributed by atoms with Crippen LogP contribution in [0.3, 0.4) is 0 Å². The molecule has 42 valence electrons. The Kier molecular flexibility index (Phi) is 1.92. The quantitative estimate of drug-likeness (QED) is 0.359. The average Bonchev–Trinajstić information content (AvgIpc) is 1.68. The van der Waals surface area contributed by atoms with Crippen molar-refractivity contribution >= 4 is 6.29 Å². The summed E-state index contributed by atoms with van der Waals surface area (Å²) >= 11 is 0. The van der Waals surface area contributed by atoms with Gasteiger partial charge in [0.25, 0.3) is 0 Å². The molecule has 0 aliphatic heterocycles. The van der Waals surface area contributed by atoms with E-state index in [1.165, 1.54) is 6.92 Å². The van der Waals surface area contributed by atoms with Crippen molar-refractivity contribution < 1.29 is 15.0 Å². The van der Waals surface area contributed by atoms with Crippen molar-refractivity contribution in [1.29, 1.82) is 0 Å². The summed E-state index contributed by atoms with van der Waals surface area (Å²) < 4.78 is 0. The van der Waals surface area contributed by atoms with E-state index in [2.05, 4.69) is 0 Å². The van der Waals surface area contributed by atoms with Crippen LogP contribution in [0.15, 0.2) is 0 Å². The number of hydrogen-bond acceptors (Lipinski definition) is 3. The molecular formula is C4H8O3. The molecule has 0 aliphatic rings. The summed E-state index contributed by atoms with van der Waals surface area (Å²) in [5.41, 5.74) is 0. The minimum absolute atomic E-state index is 0.0382. The Hall–Kier alpha value is -0.410. The third-order valence-electron chi connectivity index (χ3n) is 0.709. The van der Waals surface area contributed by atoms with Crippen LogP contribution in [0.1, 0.15) is 13.3 Å². The summed E-state index contributed by atoms with van der Waals surface area (Å²) in [6.07, 6.45) is 0.142. The van der Waals surface area contributed by atoms with Crippen molar-refractivity contribution in [2.45, 2.75) is 19.1 Å². The fraction of sp³-hybridized carbons (Fsp3) is 0.750. The van der Waals surface area contributed by atoms with Gasteiger partial charge in [0.05, 0.1) is 0 Å². The van der Waals surface area contributed by atoms with E-state index >= 15 is 0 Å². The predicted octanol–water partition coefficient (Wildman–Crippen LogP) is -0.724. The van der Waals surface area contributed by atoms with Crippen LogP contribution in [0.25, 0.3) is 0 Å². The predicted molar refractivity (Wildman–Crippen MR) is 23.5 cm³/mol. The van der Waals surface area contributed by atoms with Gasteiger partial charge in [0.15, 0.2) is 6.29 Å². The highest BCUT2D eigenvalue weighted by Crippen LogP contribution is 1.97. The number of rotatable bonds is 2. The van der Waals surface area contributed by atoms with E-state index in [0.29, 0.717) is 0 Å². The molecule has 0 aliphatic carbocycles. The van der Waals surface area contributed by atoms with Gasteiger partial charge in [-0.1, -0.05) is 6.92 Å². The van der Waals surface area contributed by atoms with Gasteiger partial charge in [0.1, 0.15) is 0 Å². The van der Waals surface area contributed by atoms with Gasteiger partial charge in [0.2, 0.25) is 5.79 Å². The second-order valence-corrected chi connectivity index (χ2v) is 1.35. The van der Waals surface area contributed by atoms with Crippen LogP contribution < -0.4 is 0 Å². The van der Waals surface area contributed by atoms with Crippen LogP contribution >= 0.6 is 0 Å². The molecule has 0 heterocycles. The van der Waals surface area contributed by atoms with Crippen molar-refractivity contribution in [2.75, 3.05) is 0 Å². The second-order valence-electron chi connectivity index (χ2n) is 1.35. The molecular weight excluding hydrogens is 96.0 g/mol. The largest absolute Gasteiger partial charge is 0.360 e. The molecule has 0 bridgehead atoms. The van der Waals surface area contributed by atoms with Gasteiger partial charge in [-0.05, 0) is 0 Å². The molecule has 7 heavy (non-hydrogen) atoms. The number of hydrogen-bond donors (Lipinski definition) is 2. The molecule has 0 aromatic heterocycles. The highest BCUT2D eigenvalue weighted by atomic mass is 16.5. The van der Waals surface area contributed by atoms with E-state index in [-0.39, 0.29) is 12.7 Å². The zero-order valence-electron chi connectivity index (χ0n) is 4.09. The zero-order chi connectivity index (χ0) is 5.91. The summed E-state index contributed by atoms with van der Waals surface area (Å²) in [5.74, 6) is -2.10. The first-order valence-electron chi connectivity index (χ1n) is 2.03. The fourth-order valence-corrected chi connectivity index (χ4v) is 0.0833. The summed E-state index contributed by atoms with van der Waals surface area (Å²) in [6, 6.07) is 0. The SMILES string of the molecule is CCC(O)(O)C=O. The third kappa shape index (κ3) is 2.31. The van der Waals surface area contributed by atoms with Crippen LogP contribution in [-0.4, -0.2) is 22.3 Å². The van der Waals surface area contributed by atoms with E-state index in [9.17, 15) is 4.79 Å². The van der Waals surface area contributed by atoms with Gasteiger partial charge >= 0.3 is 0 Å². The molecule has 0 saturated heterocycles. The van der Waals surface area contributed by atoms with Gasteiger partial charge < -0.3 is 10.2 Å². The topological polar surface area (TPSA) is 57.5 Å². The Morgan fingerprint density at radius 2 is 2.14 bits per heavy atom. The lowest BCUT2D eigenvalue weighted by Gasteiger charge is -2.08. The summed E-state index contributed by atoms with van der Waals surface area (Å²) in [7, 11) is 0. The first-order chi connectivity index (χ1) is 3.12. The Balaban J connectivity index is 3.58. The first kappa shape index (κ1) is 6.59. The van der Waals surface area contributed by atoms with E-state index in [0.717, 1.165) is 0 Å². The zero-order valence-corrected chi connectivity index (χ0v) is 4.09. The minimum atomic E-state index is -2.10. The summed E-state index contributed by atoms with van der Waals surface area (Å²) in [4.78, 5) is 9.56. The lowest BCUT2D eigenvalue weighted by atomic mass is 10.2. The van der Waals surface area contributed by atoms with Crippen molar-refractivity contribution in [3.8, 4) is 0 Å². The molecule has 3 nitrogen and oxygen atoms in total. The van der Waals surface area contributed by atoms with Crippen molar-refractivity contribution in [3.05, 3.63) is 0 Å². The van der Waals surface area contributed by atoms with Crippen molar-refractivity contribution in [1.82, 2.24) is 0 Å². The molecule has 2 N–H and O–H groups in total. The molecule has 0 spiro atoms. The molecule has 0 saturated carbocycles. The van der Waals surface area contributed by atoms with Gasteiger partial charge in [0, 0.05) is 6.42 Å². The van der Waals surface area contributed by atoms with Crippen molar-refractivity contribution in [2.24, 2.45) is 0 Å². The smallest absolute Gasteiger partial charge is 0.220 e. The Labute approximate surface area is 41.6 Å². The average molecular weight is 104 g/mol. The second kappa shape index (κ2) is 2.04. The molecule has 0 radical (unpaired) electrons. The molecule has 0 aromatic rings. The van der Waals surface area contributed by atoms with Gasteiger partial charge in [-0.2, -0.15) is 0 Å². The first-order valence-corrected chi connectivity index (χ1v) is 2.03. The molecule has 0 unspecified atom stereocenters. The van der Waals surface area contributed by atoms with Crippen LogP contribution in [-0.2, 0) is 4.79 Å². The maximum Gasteiger partial charge on any atom is 0.220 e. The Bertz CT molecular complexity index is 67.3. The highest BCUT2D eigenvalue weighted by molar-refractivity contribution is 5.58. The molecule has 0 fully saturated rings. The number of carbonyl (C=O) groups excluding carboxylic acids is 1. The number of aliphatic hydroxyl groups is 2. The molecule has 0 atom stereocenters. The Morgan fingerprint density at radius 3 is 2.14 bits per heavy atom. The summed E-state index contributed by atoms with van der Waals surface area (Å²) in [5, 5.41) is 16.6. The minimum Gasteiger partial charge on any atom is -0.360 e. The molecule has 0 amide bonds. The van der Waals surface area contributed by atoms with E-state index < -0.39 is 5.79 Å². The van der Waals surface area contributed by atoms with Crippen LogP contribution in [0.2, 0.25) is 0 Å².